The molecule has 3 rings (SSSR count). The summed E-state index contributed by atoms with van der Waals surface area (Å²) in [5.74, 6) is 0.656. The zero-order chi connectivity index (χ0) is 19.8. The molecule has 0 unspecified atom stereocenters. The molecule has 1 amide bonds. The van der Waals surface area contributed by atoms with E-state index >= 15 is 0 Å². The summed E-state index contributed by atoms with van der Waals surface area (Å²) in [6.07, 6.45) is 0.675. The summed E-state index contributed by atoms with van der Waals surface area (Å²) in [5, 5.41) is 12.5. The van der Waals surface area contributed by atoms with Crippen molar-refractivity contribution in [2.75, 3.05) is 46.6 Å². The number of amides is 1. The van der Waals surface area contributed by atoms with Gasteiger partial charge < -0.3 is 24.8 Å². The SMILES string of the molecule is CN(CCO)C(=O)c1ccc2c(c1)Cc1cccc(c1)CNCCOCCO2. The number of hydrogen-bond donors (Lipinski definition) is 2. The molecule has 150 valence electrons. The number of benzene rings is 2. The Balaban J connectivity index is 1.89. The van der Waals surface area contributed by atoms with E-state index in [2.05, 4.69) is 29.6 Å². The van der Waals surface area contributed by atoms with E-state index in [1.807, 2.05) is 12.1 Å². The third-order valence-electron chi connectivity index (χ3n) is 4.71. The van der Waals surface area contributed by atoms with Gasteiger partial charge >= 0.3 is 0 Å². The van der Waals surface area contributed by atoms with Gasteiger partial charge in [-0.25, -0.2) is 0 Å². The van der Waals surface area contributed by atoms with Gasteiger partial charge in [-0.3, -0.25) is 4.79 Å². The van der Waals surface area contributed by atoms with Crippen LogP contribution in [0.25, 0.3) is 0 Å². The lowest BCUT2D eigenvalue weighted by molar-refractivity contribution is 0.0766. The van der Waals surface area contributed by atoms with Crippen LogP contribution < -0.4 is 10.1 Å². The van der Waals surface area contributed by atoms with E-state index in [0.29, 0.717) is 38.3 Å². The predicted octanol–water partition coefficient (Wildman–Crippen LogP) is 1.84. The number of aliphatic hydroxyl groups is 1. The molecule has 2 N–H and O–H groups in total. The highest BCUT2D eigenvalue weighted by molar-refractivity contribution is 5.94. The average molecular weight is 384 g/mol. The number of nitrogens with one attached hydrogen (secondary N) is 1. The van der Waals surface area contributed by atoms with Crippen LogP contribution in [0, 0.1) is 0 Å². The second kappa shape index (κ2) is 10.2. The summed E-state index contributed by atoms with van der Waals surface area (Å²) >= 11 is 0. The van der Waals surface area contributed by atoms with Gasteiger partial charge in [0.1, 0.15) is 12.4 Å². The van der Waals surface area contributed by atoms with E-state index in [4.69, 9.17) is 14.6 Å². The molecule has 0 fully saturated rings. The number of nitrogens with zero attached hydrogens (tertiary/aromatic N) is 1. The summed E-state index contributed by atoms with van der Waals surface area (Å²) in [6.45, 7) is 3.46. The van der Waals surface area contributed by atoms with Crippen LogP contribution in [-0.4, -0.2) is 62.5 Å². The highest BCUT2D eigenvalue weighted by Crippen LogP contribution is 2.25. The highest BCUT2D eigenvalue weighted by Gasteiger charge is 2.15. The number of aliphatic hydroxyl groups excluding tert-OH is 1. The predicted molar refractivity (Wildman–Crippen MR) is 108 cm³/mol. The van der Waals surface area contributed by atoms with Crippen molar-refractivity contribution in [1.29, 1.82) is 0 Å². The van der Waals surface area contributed by atoms with Crippen LogP contribution in [0.4, 0.5) is 0 Å². The van der Waals surface area contributed by atoms with E-state index in [-0.39, 0.29) is 12.5 Å². The molecule has 2 aromatic carbocycles. The first-order chi connectivity index (χ1) is 13.7. The molecule has 1 heterocycles. The maximum Gasteiger partial charge on any atom is 0.253 e. The molecule has 6 heteroatoms. The molecule has 1 aliphatic heterocycles. The minimum absolute atomic E-state index is 0.0584. The van der Waals surface area contributed by atoms with Crippen molar-refractivity contribution in [2.45, 2.75) is 13.0 Å². The van der Waals surface area contributed by atoms with E-state index in [1.165, 1.54) is 16.0 Å². The molecule has 0 aromatic heterocycles. The highest BCUT2D eigenvalue weighted by atomic mass is 16.5. The molecule has 0 radical (unpaired) electrons. The normalized spacial score (nSPS) is 15.1. The quantitative estimate of drug-likeness (QED) is 0.845. The summed E-state index contributed by atoms with van der Waals surface area (Å²) in [7, 11) is 1.69. The average Bonchev–Trinajstić information content (AvgIpc) is 2.70. The second-order valence-corrected chi connectivity index (χ2v) is 6.91. The van der Waals surface area contributed by atoms with Crippen LogP contribution >= 0.6 is 0 Å². The van der Waals surface area contributed by atoms with Crippen molar-refractivity contribution in [1.82, 2.24) is 10.2 Å². The molecule has 0 atom stereocenters. The van der Waals surface area contributed by atoms with Crippen molar-refractivity contribution in [3.63, 3.8) is 0 Å². The van der Waals surface area contributed by atoms with Crippen LogP contribution in [0.1, 0.15) is 27.0 Å². The third kappa shape index (κ3) is 5.55. The van der Waals surface area contributed by atoms with Gasteiger partial charge in [0.2, 0.25) is 0 Å². The maximum absolute atomic E-state index is 12.6. The molecule has 6 nitrogen and oxygen atoms in total. The van der Waals surface area contributed by atoms with E-state index in [0.717, 1.165) is 24.4 Å². The number of likely N-dealkylation sites (N-methyl/N-ethyl adjacent to an activating group) is 1. The fraction of sp³-hybridized carbons (Fsp3) is 0.409. The smallest absolute Gasteiger partial charge is 0.253 e. The minimum atomic E-state index is -0.113. The number of carbonyl (C=O) groups is 1. The van der Waals surface area contributed by atoms with Gasteiger partial charge in [0.25, 0.3) is 5.91 Å². The summed E-state index contributed by atoms with van der Waals surface area (Å²) in [4.78, 5) is 14.1. The molecular formula is C22H28N2O4. The van der Waals surface area contributed by atoms with Crippen LogP contribution in [0.15, 0.2) is 42.5 Å². The topological polar surface area (TPSA) is 71.0 Å². The largest absolute Gasteiger partial charge is 0.491 e. The number of rotatable bonds is 3. The number of ether oxygens (including phenoxy) is 2. The van der Waals surface area contributed by atoms with E-state index < -0.39 is 0 Å². The molecule has 2 bridgehead atoms. The summed E-state index contributed by atoms with van der Waals surface area (Å²) < 4.78 is 11.5. The van der Waals surface area contributed by atoms with Gasteiger partial charge in [-0.2, -0.15) is 0 Å². The Labute approximate surface area is 166 Å². The lowest BCUT2D eigenvalue weighted by atomic mass is 9.99. The monoisotopic (exact) mass is 384 g/mol. The van der Waals surface area contributed by atoms with Crippen molar-refractivity contribution in [2.24, 2.45) is 0 Å². The zero-order valence-electron chi connectivity index (χ0n) is 16.3. The molecule has 0 saturated carbocycles. The van der Waals surface area contributed by atoms with E-state index in [9.17, 15) is 4.79 Å². The summed E-state index contributed by atoms with van der Waals surface area (Å²) in [5.41, 5.74) is 3.94. The first kappa shape index (κ1) is 20.3. The van der Waals surface area contributed by atoms with Crippen molar-refractivity contribution in [3.05, 3.63) is 64.7 Å². The van der Waals surface area contributed by atoms with Crippen molar-refractivity contribution >= 4 is 5.91 Å². The van der Waals surface area contributed by atoms with Crippen LogP contribution in [0.3, 0.4) is 0 Å². The second-order valence-electron chi connectivity index (χ2n) is 6.91. The Morgan fingerprint density at radius 2 is 2.00 bits per heavy atom. The van der Waals surface area contributed by atoms with Crippen LogP contribution in [0.5, 0.6) is 5.75 Å². The fourth-order valence-electron chi connectivity index (χ4n) is 3.22. The first-order valence-electron chi connectivity index (χ1n) is 9.65. The minimum Gasteiger partial charge on any atom is -0.491 e. The Hall–Kier alpha value is -2.41. The molecular weight excluding hydrogens is 356 g/mol. The van der Waals surface area contributed by atoms with Gasteiger partial charge in [-0.1, -0.05) is 24.3 Å². The van der Waals surface area contributed by atoms with Gasteiger partial charge in [0.15, 0.2) is 0 Å². The lowest BCUT2D eigenvalue weighted by Gasteiger charge is -2.18. The maximum atomic E-state index is 12.6. The molecule has 1 aliphatic rings. The van der Waals surface area contributed by atoms with E-state index in [1.54, 1.807) is 13.1 Å². The van der Waals surface area contributed by atoms with Crippen LogP contribution in [0.2, 0.25) is 0 Å². The molecule has 2 aromatic rings. The Kier molecular flexibility index (Phi) is 7.42. The Bertz CT molecular complexity index is 794. The molecule has 0 spiro atoms. The van der Waals surface area contributed by atoms with Gasteiger partial charge in [-0.05, 0) is 34.9 Å². The van der Waals surface area contributed by atoms with Crippen molar-refractivity contribution < 1.29 is 19.4 Å². The number of carbonyl (C=O) groups excluding carboxylic acids is 1. The molecule has 0 aliphatic carbocycles. The molecule has 28 heavy (non-hydrogen) atoms. The fourth-order valence-corrected chi connectivity index (χ4v) is 3.22. The van der Waals surface area contributed by atoms with Crippen LogP contribution in [-0.2, 0) is 17.7 Å². The molecule has 0 saturated heterocycles. The third-order valence-corrected chi connectivity index (χ3v) is 4.71. The number of fused-ring (bicyclic) bond motifs is 3. The number of hydrogen-bond acceptors (Lipinski definition) is 5. The van der Waals surface area contributed by atoms with Crippen molar-refractivity contribution in [3.8, 4) is 5.75 Å². The standard InChI is InChI=1S/C22H28N2O4/c1-24(8-9-25)22(26)19-5-6-21-20(15-19)14-17-3-2-4-18(13-17)16-23-7-10-27-11-12-28-21/h2-6,13,15,23,25H,7-12,14,16H2,1H3. The zero-order valence-corrected chi connectivity index (χ0v) is 16.3. The summed E-state index contributed by atoms with van der Waals surface area (Å²) in [6, 6.07) is 13.9. The van der Waals surface area contributed by atoms with Gasteiger partial charge in [0.05, 0.1) is 19.8 Å². The Morgan fingerprint density at radius 3 is 2.86 bits per heavy atom. The Morgan fingerprint density at radius 1 is 1.14 bits per heavy atom. The van der Waals surface area contributed by atoms with Gasteiger partial charge in [0, 0.05) is 38.7 Å². The first-order valence-corrected chi connectivity index (χ1v) is 9.65. The van der Waals surface area contributed by atoms with Gasteiger partial charge in [-0.15, -0.1) is 0 Å². The lowest BCUT2D eigenvalue weighted by Crippen LogP contribution is -2.29.